The molecule has 2 aliphatic rings. The lowest BCUT2D eigenvalue weighted by atomic mass is 10.3. The lowest BCUT2D eigenvalue weighted by Crippen LogP contribution is -1.77. The minimum atomic E-state index is -0.467. The third-order valence-corrected chi connectivity index (χ3v) is 3.46. The van der Waals surface area contributed by atoms with Crippen LogP contribution in [-0.2, 0) is 0 Å². The van der Waals surface area contributed by atoms with Gasteiger partial charge in [0.15, 0.2) is 1.41 Å². The zero-order chi connectivity index (χ0) is 22.9. The van der Waals surface area contributed by atoms with Crippen LogP contribution in [-0.4, -0.2) is 19.9 Å². The fourth-order valence-corrected chi connectivity index (χ4v) is 2.43. The predicted octanol–water partition coefficient (Wildman–Crippen LogP) is 4.66. The molecule has 4 nitrogen and oxygen atoms in total. The van der Waals surface area contributed by atoms with Crippen LogP contribution >= 0.6 is 0 Å². The van der Waals surface area contributed by atoms with Crippen molar-refractivity contribution in [3.8, 4) is 0 Å². The molecule has 5 rings (SSSR count). The number of H-pyrrole nitrogens is 2. The van der Waals surface area contributed by atoms with Gasteiger partial charge in [-0.1, -0.05) is 0 Å². The lowest BCUT2D eigenvalue weighted by Gasteiger charge is -1.86. The van der Waals surface area contributed by atoms with Crippen molar-refractivity contribution >= 4 is 46.3 Å². The van der Waals surface area contributed by atoms with Crippen LogP contribution in [0.4, 0.5) is 0 Å². The molecule has 0 atom stereocenters. The fourth-order valence-electron chi connectivity index (χ4n) is 2.43. The third kappa shape index (κ3) is 2.44. The van der Waals surface area contributed by atoms with Crippen molar-refractivity contribution in [2.75, 3.05) is 0 Å². The van der Waals surface area contributed by atoms with Gasteiger partial charge in [-0.2, -0.15) is 0 Å². The molecule has 0 saturated carbocycles. The maximum atomic E-state index is 8.50. The highest BCUT2D eigenvalue weighted by atomic mass is 14.8. The molecule has 0 radical (unpaired) electrons. The standard InChI is InChI=1S/C20H14N4/c1-2-14-10-16-5-6-18(23-16)12-20-8-7-19(24-20)11-17-4-3-15(22-17)9-13(1)21-14/h1-12,21-22H/i1D,2D,5D,6D,8D,10D,12D/hD. The summed E-state index contributed by atoms with van der Waals surface area (Å²) in [6.07, 6.45) is 1.47. The van der Waals surface area contributed by atoms with Crippen LogP contribution in [0.2, 0.25) is 1.41 Å². The molecule has 3 aromatic heterocycles. The first-order valence-corrected chi connectivity index (χ1v) is 7.23. The molecular formula is C20H14N4. The van der Waals surface area contributed by atoms with Gasteiger partial charge in [-0.25, -0.2) is 9.97 Å². The van der Waals surface area contributed by atoms with Gasteiger partial charge in [-0.3, -0.25) is 0 Å². The first-order valence-electron chi connectivity index (χ1n) is 11.2. The maximum Gasteiger partial charge on any atom is 0.167 e. The molecule has 4 heteroatoms. The van der Waals surface area contributed by atoms with Gasteiger partial charge < -0.3 is 9.96 Å². The molecule has 0 aromatic carbocycles. The summed E-state index contributed by atoms with van der Waals surface area (Å²) in [6, 6.07) is 4.33. The average Bonchev–Trinajstić information content (AvgIpc) is 3.47. The maximum absolute atomic E-state index is 8.50. The second kappa shape index (κ2) is 5.06. The number of fused-ring (bicyclic) bond motifs is 8. The van der Waals surface area contributed by atoms with Crippen LogP contribution in [0.25, 0.3) is 46.3 Å². The van der Waals surface area contributed by atoms with Gasteiger partial charge >= 0.3 is 0 Å². The van der Waals surface area contributed by atoms with Gasteiger partial charge in [0.25, 0.3) is 0 Å². The van der Waals surface area contributed by atoms with Crippen LogP contribution in [0.15, 0.2) is 48.4 Å². The topological polar surface area (TPSA) is 57.4 Å². The van der Waals surface area contributed by atoms with Gasteiger partial charge in [0.2, 0.25) is 0 Å². The molecule has 0 amide bonds. The highest BCUT2D eigenvalue weighted by Gasteiger charge is 2.02. The van der Waals surface area contributed by atoms with Crippen molar-refractivity contribution in [2.45, 2.75) is 0 Å². The van der Waals surface area contributed by atoms with Crippen LogP contribution in [0.3, 0.4) is 0 Å². The molecule has 0 saturated heterocycles. The van der Waals surface area contributed by atoms with Gasteiger partial charge in [0.05, 0.1) is 32.4 Å². The Morgan fingerprint density at radius 1 is 0.750 bits per heavy atom. The van der Waals surface area contributed by atoms with Crippen LogP contribution in [0, 0.1) is 0 Å². The molecule has 2 aliphatic heterocycles. The Morgan fingerprint density at radius 3 is 2.38 bits per heavy atom. The van der Waals surface area contributed by atoms with Crippen molar-refractivity contribution in [2.24, 2.45) is 0 Å². The van der Waals surface area contributed by atoms with Crippen LogP contribution in [0.1, 0.15) is 32.4 Å². The summed E-state index contributed by atoms with van der Waals surface area (Å²) in [6.45, 7) is 0. The van der Waals surface area contributed by atoms with Crippen LogP contribution in [0.5, 0.6) is 0 Å². The summed E-state index contributed by atoms with van der Waals surface area (Å²) in [5.74, 6) is 0. The molecule has 8 bridgehead atoms. The molecule has 0 unspecified atom stereocenters. The van der Waals surface area contributed by atoms with Crippen molar-refractivity contribution in [1.29, 1.82) is 0 Å². The fraction of sp³-hybridized carbons (Fsp3) is 0. The quantitative estimate of drug-likeness (QED) is 0.633. The Labute approximate surface area is 149 Å². The zero-order valence-electron chi connectivity index (χ0n) is 20.2. The molecule has 114 valence electrons. The lowest BCUT2D eigenvalue weighted by molar-refractivity contribution is 1.28. The number of rotatable bonds is 0. The SMILES string of the molecule is [2H]C1=Cc2cc3ccc(cc4c([2H])c([2H])c(c([2H])c5nc(c([2H])c1n2)C([2H])=C5[2H])n4[2H])[nH]3. The minimum Gasteiger partial charge on any atom is -0.355 e. The molecule has 0 fully saturated rings. The van der Waals surface area contributed by atoms with E-state index in [1.807, 2.05) is 0 Å². The van der Waals surface area contributed by atoms with E-state index in [4.69, 9.17) is 11.0 Å². The van der Waals surface area contributed by atoms with E-state index in [0.29, 0.717) is 16.7 Å². The number of nitrogens with zero attached hydrogens (tertiary/aromatic N) is 2. The van der Waals surface area contributed by atoms with Crippen molar-refractivity contribution < 1.29 is 11.0 Å². The van der Waals surface area contributed by atoms with E-state index in [0.717, 1.165) is 4.98 Å². The van der Waals surface area contributed by atoms with Gasteiger partial charge in [-0.15, -0.1) is 0 Å². The summed E-state index contributed by atoms with van der Waals surface area (Å²) in [5.41, 5.74) is 0.917. The van der Waals surface area contributed by atoms with Crippen molar-refractivity contribution in [1.82, 2.24) is 19.9 Å². The number of aromatic nitrogens is 4. The number of hydrogen-bond acceptors (Lipinski definition) is 2. The summed E-state index contributed by atoms with van der Waals surface area (Å²) < 4.78 is 66.5. The van der Waals surface area contributed by atoms with Gasteiger partial charge in [0, 0.05) is 22.1 Å². The van der Waals surface area contributed by atoms with Crippen molar-refractivity contribution in [3.05, 3.63) is 71.2 Å². The van der Waals surface area contributed by atoms with Gasteiger partial charge in [0.1, 0.15) is 0 Å². The molecule has 2 N–H and O–H groups in total. The second-order valence-electron chi connectivity index (χ2n) is 5.24. The van der Waals surface area contributed by atoms with E-state index in [-0.39, 0.29) is 52.3 Å². The Bertz CT molecular complexity index is 1560. The summed E-state index contributed by atoms with van der Waals surface area (Å²) in [7, 11) is 0. The summed E-state index contributed by atoms with van der Waals surface area (Å²) in [4.78, 5) is 12.3. The van der Waals surface area contributed by atoms with E-state index in [2.05, 4.69) is 15.0 Å². The molecule has 0 spiro atoms. The van der Waals surface area contributed by atoms with E-state index < -0.39 is 18.1 Å². The molecule has 3 aromatic rings. The zero-order valence-corrected chi connectivity index (χ0v) is 12.2. The monoisotopic (exact) mass is 318 g/mol. The minimum absolute atomic E-state index is 0.00783. The third-order valence-electron chi connectivity index (χ3n) is 3.46. The molecular weight excluding hydrogens is 296 g/mol. The normalized spacial score (nSPS) is 18.6. The predicted molar refractivity (Wildman–Crippen MR) is 98.9 cm³/mol. The van der Waals surface area contributed by atoms with E-state index >= 15 is 0 Å². The molecule has 24 heavy (non-hydrogen) atoms. The largest absolute Gasteiger partial charge is 0.355 e. The van der Waals surface area contributed by atoms with E-state index in [1.165, 1.54) is 12.1 Å². The Balaban J connectivity index is 2.05. The number of hydrogen-bond donors (Lipinski definition) is 2. The summed E-state index contributed by atoms with van der Waals surface area (Å²) >= 11 is 0. The average molecular weight is 318 g/mol. The highest BCUT2D eigenvalue weighted by Crippen LogP contribution is 2.17. The molecule has 0 aliphatic carbocycles. The number of nitrogens with one attached hydrogen (secondary N) is 2. The van der Waals surface area contributed by atoms with E-state index in [1.54, 1.807) is 18.2 Å². The van der Waals surface area contributed by atoms with E-state index in [9.17, 15) is 0 Å². The van der Waals surface area contributed by atoms with Crippen molar-refractivity contribution in [3.63, 3.8) is 0 Å². The van der Waals surface area contributed by atoms with Crippen LogP contribution < -0.4 is 0 Å². The summed E-state index contributed by atoms with van der Waals surface area (Å²) in [5, 5.41) is 0. The highest BCUT2D eigenvalue weighted by molar-refractivity contribution is 5.77. The number of aromatic amines is 2. The first kappa shape index (κ1) is 7.45. The smallest absolute Gasteiger partial charge is 0.167 e. The second-order valence-corrected chi connectivity index (χ2v) is 5.24. The molecule has 5 heterocycles. The first-order chi connectivity index (χ1) is 15.2. The Kier molecular flexibility index (Phi) is 1.57. The Hall–Kier alpha value is -3.40. The Morgan fingerprint density at radius 2 is 1.46 bits per heavy atom. The van der Waals surface area contributed by atoms with Gasteiger partial charge in [-0.05, 0) is 72.7 Å².